The van der Waals surface area contributed by atoms with Crippen molar-refractivity contribution in [3.05, 3.63) is 69.7 Å². The first kappa shape index (κ1) is 22.3. The molecule has 0 aliphatic carbocycles. The molecule has 2 amide bonds. The number of amides is 2. The molecular formula is C22H26Cl2N2O2. The van der Waals surface area contributed by atoms with Crippen molar-refractivity contribution in [3.63, 3.8) is 0 Å². The average molecular weight is 421 g/mol. The summed E-state index contributed by atoms with van der Waals surface area (Å²) in [5.74, 6) is -0.281. The summed E-state index contributed by atoms with van der Waals surface area (Å²) in [6.45, 7) is 4.75. The summed E-state index contributed by atoms with van der Waals surface area (Å²) in [5, 5.41) is 4.06. The number of hydrogen-bond acceptors (Lipinski definition) is 2. The maximum Gasteiger partial charge on any atom is 0.242 e. The number of carbonyl (C=O) groups is 2. The van der Waals surface area contributed by atoms with Gasteiger partial charge in [0, 0.05) is 23.1 Å². The second-order valence-corrected chi connectivity index (χ2v) is 7.48. The number of carbonyl (C=O) groups excluding carboxylic acids is 2. The highest BCUT2D eigenvalue weighted by Gasteiger charge is 2.28. The molecule has 1 unspecified atom stereocenters. The van der Waals surface area contributed by atoms with Gasteiger partial charge in [-0.2, -0.15) is 0 Å². The number of hydrogen-bond donors (Lipinski definition) is 1. The zero-order chi connectivity index (χ0) is 20.5. The van der Waals surface area contributed by atoms with Crippen LogP contribution in [0.1, 0.15) is 37.8 Å². The van der Waals surface area contributed by atoms with Gasteiger partial charge in [-0.25, -0.2) is 0 Å². The van der Waals surface area contributed by atoms with Crippen molar-refractivity contribution < 1.29 is 9.59 Å². The molecule has 0 aliphatic rings. The first-order valence-corrected chi connectivity index (χ1v) is 10.3. The summed E-state index contributed by atoms with van der Waals surface area (Å²) in [7, 11) is 0. The number of benzene rings is 2. The molecule has 0 saturated carbocycles. The van der Waals surface area contributed by atoms with E-state index in [1.807, 2.05) is 44.2 Å². The van der Waals surface area contributed by atoms with Crippen LogP contribution in [0, 0.1) is 0 Å². The average Bonchev–Trinajstić information content (AvgIpc) is 2.67. The van der Waals surface area contributed by atoms with E-state index in [1.54, 1.807) is 23.1 Å². The van der Waals surface area contributed by atoms with Crippen LogP contribution < -0.4 is 5.32 Å². The van der Waals surface area contributed by atoms with Gasteiger partial charge in [0.05, 0.1) is 6.42 Å². The lowest BCUT2D eigenvalue weighted by Gasteiger charge is -2.31. The van der Waals surface area contributed by atoms with Gasteiger partial charge in [-0.05, 0) is 42.2 Å². The minimum Gasteiger partial charge on any atom is -0.354 e. The van der Waals surface area contributed by atoms with Gasteiger partial charge in [0.25, 0.3) is 0 Å². The van der Waals surface area contributed by atoms with E-state index < -0.39 is 6.04 Å². The molecule has 0 radical (unpaired) electrons. The van der Waals surface area contributed by atoms with Crippen LogP contribution in [0.3, 0.4) is 0 Å². The van der Waals surface area contributed by atoms with Crippen LogP contribution in [0.15, 0.2) is 48.5 Å². The Balaban J connectivity index is 2.29. The Morgan fingerprint density at radius 3 is 2.46 bits per heavy atom. The molecule has 0 saturated heterocycles. The van der Waals surface area contributed by atoms with Crippen molar-refractivity contribution in [2.24, 2.45) is 0 Å². The molecule has 4 nitrogen and oxygen atoms in total. The Bertz CT molecular complexity index is 811. The third-order valence-corrected chi connectivity index (χ3v) is 5.08. The fraction of sp³-hybridized carbons (Fsp3) is 0.364. The summed E-state index contributed by atoms with van der Waals surface area (Å²) in [6.07, 6.45) is 1.52. The molecule has 1 N–H and O–H groups in total. The molecule has 150 valence electrons. The fourth-order valence-electron chi connectivity index (χ4n) is 3.02. The standard InChI is InChI=1S/C22H26Cl2N2O2/c1-3-12-25-22(28)20(4-2)26(15-17-9-5-6-11-19(17)24)21(27)14-16-8-7-10-18(23)13-16/h5-11,13,20H,3-4,12,14-15H2,1-2H3,(H,25,28). The highest BCUT2D eigenvalue weighted by atomic mass is 35.5. The van der Waals surface area contributed by atoms with Crippen molar-refractivity contribution >= 4 is 35.0 Å². The second-order valence-electron chi connectivity index (χ2n) is 6.63. The van der Waals surface area contributed by atoms with Crippen molar-refractivity contribution in [2.75, 3.05) is 6.54 Å². The van der Waals surface area contributed by atoms with Crippen LogP contribution in [0.2, 0.25) is 10.0 Å². The predicted octanol–water partition coefficient (Wildman–Crippen LogP) is 4.87. The highest BCUT2D eigenvalue weighted by Crippen LogP contribution is 2.21. The van der Waals surface area contributed by atoms with Crippen LogP contribution in [0.4, 0.5) is 0 Å². The lowest BCUT2D eigenvalue weighted by Crippen LogP contribution is -2.49. The molecule has 0 spiro atoms. The summed E-state index contributed by atoms with van der Waals surface area (Å²) >= 11 is 12.4. The normalized spacial score (nSPS) is 11.7. The Morgan fingerprint density at radius 1 is 1.07 bits per heavy atom. The highest BCUT2D eigenvalue weighted by molar-refractivity contribution is 6.31. The third-order valence-electron chi connectivity index (χ3n) is 4.48. The summed E-state index contributed by atoms with van der Waals surface area (Å²) in [5.41, 5.74) is 1.62. The van der Waals surface area contributed by atoms with Crippen molar-refractivity contribution in [2.45, 2.75) is 45.7 Å². The molecule has 2 aromatic rings. The quantitative estimate of drug-likeness (QED) is 0.628. The molecular weight excluding hydrogens is 395 g/mol. The van der Waals surface area contributed by atoms with E-state index >= 15 is 0 Å². The smallest absolute Gasteiger partial charge is 0.242 e. The molecule has 0 fully saturated rings. The van der Waals surface area contributed by atoms with E-state index in [1.165, 1.54) is 0 Å². The Morgan fingerprint density at radius 2 is 1.82 bits per heavy atom. The van der Waals surface area contributed by atoms with Crippen LogP contribution in [0.5, 0.6) is 0 Å². The van der Waals surface area contributed by atoms with E-state index in [-0.39, 0.29) is 24.8 Å². The van der Waals surface area contributed by atoms with E-state index in [4.69, 9.17) is 23.2 Å². The minimum atomic E-state index is -0.561. The molecule has 2 rings (SSSR count). The molecule has 0 bridgehead atoms. The molecule has 2 aromatic carbocycles. The molecule has 0 heterocycles. The van der Waals surface area contributed by atoms with Crippen LogP contribution in [-0.4, -0.2) is 29.3 Å². The zero-order valence-corrected chi connectivity index (χ0v) is 17.8. The molecule has 28 heavy (non-hydrogen) atoms. The lowest BCUT2D eigenvalue weighted by atomic mass is 10.1. The monoisotopic (exact) mass is 420 g/mol. The fourth-order valence-corrected chi connectivity index (χ4v) is 3.43. The van der Waals surface area contributed by atoms with Gasteiger partial charge in [-0.3, -0.25) is 9.59 Å². The lowest BCUT2D eigenvalue weighted by molar-refractivity contribution is -0.140. The van der Waals surface area contributed by atoms with Gasteiger partial charge in [-0.15, -0.1) is 0 Å². The maximum atomic E-state index is 13.2. The summed E-state index contributed by atoms with van der Waals surface area (Å²) in [4.78, 5) is 27.5. The van der Waals surface area contributed by atoms with Crippen LogP contribution >= 0.6 is 23.2 Å². The number of halogens is 2. The van der Waals surface area contributed by atoms with E-state index in [0.717, 1.165) is 17.5 Å². The Labute approximate surface area is 176 Å². The van der Waals surface area contributed by atoms with E-state index in [0.29, 0.717) is 23.0 Å². The van der Waals surface area contributed by atoms with Crippen molar-refractivity contribution in [1.29, 1.82) is 0 Å². The Kier molecular flexibility index (Phi) is 8.81. The summed E-state index contributed by atoms with van der Waals surface area (Å²) in [6, 6.07) is 14.0. The van der Waals surface area contributed by atoms with Gasteiger partial charge in [-0.1, -0.05) is 67.4 Å². The van der Waals surface area contributed by atoms with Gasteiger partial charge >= 0.3 is 0 Å². The zero-order valence-electron chi connectivity index (χ0n) is 16.3. The topological polar surface area (TPSA) is 49.4 Å². The molecule has 6 heteroatoms. The third kappa shape index (κ3) is 6.25. The predicted molar refractivity (Wildman–Crippen MR) is 115 cm³/mol. The van der Waals surface area contributed by atoms with Crippen LogP contribution in [-0.2, 0) is 22.6 Å². The van der Waals surface area contributed by atoms with Crippen molar-refractivity contribution in [3.8, 4) is 0 Å². The molecule has 0 aliphatic heterocycles. The minimum absolute atomic E-state index is 0.138. The number of rotatable bonds is 9. The largest absolute Gasteiger partial charge is 0.354 e. The SMILES string of the molecule is CCCNC(=O)C(CC)N(Cc1ccccc1Cl)C(=O)Cc1cccc(Cl)c1. The number of nitrogens with one attached hydrogen (secondary N) is 1. The van der Waals surface area contributed by atoms with Gasteiger partial charge < -0.3 is 10.2 Å². The molecule has 0 aromatic heterocycles. The van der Waals surface area contributed by atoms with Crippen molar-refractivity contribution in [1.82, 2.24) is 10.2 Å². The van der Waals surface area contributed by atoms with Crippen LogP contribution in [0.25, 0.3) is 0 Å². The van der Waals surface area contributed by atoms with Gasteiger partial charge in [0.15, 0.2) is 0 Å². The van der Waals surface area contributed by atoms with E-state index in [2.05, 4.69) is 5.32 Å². The first-order chi connectivity index (χ1) is 13.5. The summed E-state index contributed by atoms with van der Waals surface area (Å²) < 4.78 is 0. The number of nitrogens with zero attached hydrogens (tertiary/aromatic N) is 1. The van der Waals surface area contributed by atoms with E-state index in [9.17, 15) is 9.59 Å². The molecule has 1 atom stereocenters. The second kappa shape index (κ2) is 11.1. The maximum absolute atomic E-state index is 13.2. The Hall–Kier alpha value is -2.04. The first-order valence-electron chi connectivity index (χ1n) is 9.51. The van der Waals surface area contributed by atoms with Gasteiger partial charge in [0.1, 0.15) is 6.04 Å². The van der Waals surface area contributed by atoms with Gasteiger partial charge in [0.2, 0.25) is 11.8 Å².